The Kier molecular flexibility index (Phi) is 6.87. The van der Waals surface area contributed by atoms with E-state index < -0.39 is 16.1 Å². The Labute approximate surface area is 131 Å². The molecule has 7 nitrogen and oxygen atoms in total. The maximum absolute atomic E-state index is 11.7. The second-order valence-corrected chi connectivity index (χ2v) is 6.91. The average Bonchev–Trinajstić information content (AvgIpc) is 2.45. The minimum Gasteiger partial charge on any atom is -0.489 e. The highest BCUT2D eigenvalue weighted by Gasteiger charge is 2.13. The molecule has 8 heteroatoms. The normalized spacial score (nSPS) is 11.0. The molecule has 2 amide bonds. The van der Waals surface area contributed by atoms with Crippen LogP contribution in [0.15, 0.2) is 36.9 Å². The van der Waals surface area contributed by atoms with Gasteiger partial charge in [0, 0.05) is 32.4 Å². The van der Waals surface area contributed by atoms with Crippen LogP contribution in [-0.4, -0.2) is 51.8 Å². The highest BCUT2D eigenvalue weighted by atomic mass is 32.2. The van der Waals surface area contributed by atoms with Gasteiger partial charge in [-0.05, 0) is 12.1 Å². The van der Waals surface area contributed by atoms with Gasteiger partial charge in [-0.25, -0.2) is 17.5 Å². The molecule has 22 heavy (non-hydrogen) atoms. The molecule has 0 aliphatic rings. The molecule has 0 radical (unpaired) electrons. The lowest BCUT2D eigenvalue weighted by molar-refractivity contribution is 0.252. The first-order valence-corrected chi connectivity index (χ1v) is 8.25. The van der Waals surface area contributed by atoms with Gasteiger partial charge in [-0.1, -0.05) is 18.7 Å². The van der Waals surface area contributed by atoms with E-state index in [4.69, 9.17) is 4.74 Å². The first-order chi connectivity index (χ1) is 10.3. The van der Waals surface area contributed by atoms with Crippen LogP contribution in [0.5, 0.6) is 5.75 Å². The lowest BCUT2D eigenvalue weighted by Gasteiger charge is -2.12. The summed E-state index contributed by atoms with van der Waals surface area (Å²) in [5.74, 6) is 0.448. The van der Waals surface area contributed by atoms with Crippen molar-refractivity contribution in [3.8, 4) is 5.75 Å². The Morgan fingerprint density at radius 1 is 1.41 bits per heavy atom. The second kappa shape index (κ2) is 8.40. The number of sulfonamides is 1. The Morgan fingerprint density at radius 3 is 2.77 bits per heavy atom. The van der Waals surface area contributed by atoms with Crippen LogP contribution in [0, 0.1) is 0 Å². The number of ether oxygens (including phenoxy) is 1. The van der Waals surface area contributed by atoms with Gasteiger partial charge in [-0.3, -0.25) is 0 Å². The average molecular weight is 327 g/mol. The molecule has 0 aliphatic heterocycles. The monoisotopic (exact) mass is 327 g/mol. The summed E-state index contributed by atoms with van der Waals surface area (Å²) >= 11 is 0. The number of hydrogen-bond donors (Lipinski definition) is 2. The van der Waals surface area contributed by atoms with E-state index >= 15 is 0 Å². The first kappa shape index (κ1) is 18.0. The fourth-order valence-electron chi connectivity index (χ4n) is 1.47. The molecule has 0 heterocycles. The van der Waals surface area contributed by atoms with Crippen molar-refractivity contribution in [2.45, 2.75) is 0 Å². The van der Waals surface area contributed by atoms with Gasteiger partial charge >= 0.3 is 6.03 Å². The third-order valence-electron chi connectivity index (χ3n) is 2.66. The molecule has 0 atom stereocenters. The van der Waals surface area contributed by atoms with Gasteiger partial charge in [0.2, 0.25) is 10.0 Å². The van der Waals surface area contributed by atoms with Crippen LogP contribution in [0.1, 0.15) is 0 Å². The van der Waals surface area contributed by atoms with Crippen molar-refractivity contribution in [3.63, 3.8) is 0 Å². The number of nitrogens with zero attached hydrogens (tertiary/aromatic N) is 1. The molecule has 122 valence electrons. The third-order valence-corrected chi connectivity index (χ3v) is 4.49. The fraction of sp³-hybridized carbons (Fsp3) is 0.357. The topological polar surface area (TPSA) is 87.7 Å². The second-order valence-electron chi connectivity index (χ2n) is 4.61. The lowest BCUT2D eigenvalue weighted by Crippen LogP contribution is -2.36. The lowest BCUT2D eigenvalue weighted by atomic mass is 10.3. The van der Waals surface area contributed by atoms with Crippen molar-refractivity contribution >= 4 is 21.7 Å². The van der Waals surface area contributed by atoms with Crippen molar-refractivity contribution in [1.29, 1.82) is 0 Å². The summed E-state index contributed by atoms with van der Waals surface area (Å²) in [4.78, 5) is 11.7. The highest BCUT2D eigenvalue weighted by molar-refractivity contribution is 7.89. The van der Waals surface area contributed by atoms with Crippen LogP contribution in [-0.2, 0) is 10.0 Å². The zero-order valence-corrected chi connectivity index (χ0v) is 13.5. The number of nitrogens with one attached hydrogen (secondary N) is 2. The molecule has 1 rings (SSSR count). The SMILES string of the molecule is C=CCOc1cccc(NC(=O)NCCS(=O)(=O)N(C)C)c1. The zero-order chi connectivity index (χ0) is 16.6. The molecule has 1 aromatic carbocycles. The standard InChI is InChI=1S/C14H21N3O4S/c1-4-9-21-13-7-5-6-12(11-13)16-14(18)15-8-10-22(19,20)17(2)3/h4-7,11H,1,8-10H2,2-3H3,(H2,15,16,18). The molecule has 0 saturated carbocycles. The molecule has 0 spiro atoms. The van der Waals surface area contributed by atoms with E-state index in [1.165, 1.54) is 14.1 Å². The molecule has 0 saturated heterocycles. The first-order valence-electron chi connectivity index (χ1n) is 6.64. The van der Waals surface area contributed by atoms with Crippen molar-refractivity contribution in [2.24, 2.45) is 0 Å². The Hall–Kier alpha value is -2.06. The fourth-order valence-corrected chi connectivity index (χ4v) is 2.20. The van der Waals surface area contributed by atoms with Crippen molar-refractivity contribution in [1.82, 2.24) is 9.62 Å². The Balaban J connectivity index is 2.47. The number of anilines is 1. The van der Waals surface area contributed by atoms with Crippen LogP contribution in [0.2, 0.25) is 0 Å². The molecule has 1 aromatic rings. The smallest absolute Gasteiger partial charge is 0.319 e. The van der Waals surface area contributed by atoms with Gasteiger partial charge in [0.25, 0.3) is 0 Å². The summed E-state index contributed by atoms with van der Waals surface area (Å²) in [6.45, 7) is 3.95. The molecule has 0 aromatic heterocycles. The molecule has 0 fully saturated rings. The van der Waals surface area contributed by atoms with Crippen LogP contribution < -0.4 is 15.4 Å². The van der Waals surface area contributed by atoms with Crippen LogP contribution in [0.25, 0.3) is 0 Å². The van der Waals surface area contributed by atoms with Crippen LogP contribution >= 0.6 is 0 Å². The van der Waals surface area contributed by atoms with Crippen molar-refractivity contribution in [3.05, 3.63) is 36.9 Å². The van der Waals surface area contributed by atoms with E-state index in [0.717, 1.165) is 4.31 Å². The highest BCUT2D eigenvalue weighted by Crippen LogP contribution is 2.17. The summed E-state index contributed by atoms with van der Waals surface area (Å²) in [5.41, 5.74) is 0.550. The van der Waals surface area contributed by atoms with Crippen LogP contribution in [0.4, 0.5) is 10.5 Å². The van der Waals surface area contributed by atoms with E-state index in [2.05, 4.69) is 17.2 Å². The predicted octanol–water partition coefficient (Wildman–Crippen LogP) is 1.26. The number of carbonyl (C=O) groups is 1. The van der Waals surface area contributed by atoms with Gasteiger partial charge < -0.3 is 15.4 Å². The van der Waals surface area contributed by atoms with Gasteiger partial charge in [0.1, 0.15) is 12.4 Å². The van der Waals surface area contributed by atoms with Gasteiger partial charge in [0.05, 0.1) is 5.75 Å². The molecular formula is C14H21N3O4S. The maximum Gasteiger partial charge on any atom is 0.319 e. The summed E-state index contributed by atoms with van der Waals surface area (Å²) < 4.78 is 29.6. The molecular weight excluding hydrogens is 306 g/mol. The zero-order valence-electron chi connectivity index (χ0n) is 12.7. The van der Waals surface area contributed by atoms with Crippen molar-refractivity contribution in [2.75, 3.05) is 38.3 Å². The van der Waals surface area contributed by atoms with E-state index in [1.54, 1.807) is 30.3 Å². The molecule has 0 aliphatic carbocycles. The minimum atomic E-state index is -3.32. The van der Waals surface area contributed by atoms with Gasteiger partial charge in [-0.15, -0.1) is 0 Å². The van der Waals surface area contributed by atoms with Gasteiger partial charge in [-0.2, -0.15) is 0 Å². The summed E-state index contributed by atoms with van der Waals surface area (Å²) in [6.07, 6.45) is 1.62. The van der Waals surface area contributed by atoms with E-state index in [1.807, 2.05) is 0 Å². The maximum atomic E-state index is 11.7. The molecule has 0 unspecified atom stereocenters. The third kappa shape index (κ3) is 6.15. The number of rotatable bonds is 8. The number of carbonyl (C=O) groups excluding carboxylic acids is 1. The number of urea groups is 1. The number of benzene rings is 1. The van der Waals surface area contributed by atoms with E-state index in [0.29, 0.717) is 18.0 Å². The van der Waals surface area contributed by atoms with Crippen molar-refractivity contribution < 1.29 is 17.9 Å². The predicted molar refractivity (Wildman–Crippen MR) is 86.6 cm³/mol. The number of amides is 2. The van der Waals surface area contributed by atoms with Gasteiger partial charge in [0.15, 0.2) is 0 Å². The summed E-state index contributed by atoms with van der Waals surface area (Å²) in [6, 6.07) is 6.40. The summed E-state index contributed by atoms with van der Waals surface area (Å²) in [5, 5.41) is 5.10. The molecule has 2 N–H and O–H groups in total. The number of hydrogen-bond acceptors (Lipinski definition) is 4. The quantitative estimate of drug-likeness (QED) is 0.704. The Morgan fingerprint density at radius 2 is 2.14 bits per heavy atom. The van der Waals surface area contributed by atoms with Crippen LogP contribution in [0.3, 0.4) is 0 Å². The van der Waals surface area contributed by atoms with E-state index in [9.17, 15) is 13.2 Å². The largest absolute Gasteiger partial charge is 0.489 e. The summed E-state index contributed by atoms with van der Waals surface area (Å²) in [7, 11) is -0.425. The Bertz CT molecular complexity index is 614. The minimum absolute atomic E-state index is 0.0268. The molecule has 0 bridgehead atoms. The van der Waals surface area contributed by atoms with E-state index in [-0.39, 0.29) is 12.3 Å².